The zero-order valence-electron chi connectivity index (χ0n) is 8.67. The van der Waals surface area contributed by atoms with E-state index >= 15 is 0 Å². The molecule has 0 fully saturated rings. The Morgan fingerprint density at radius 2 is 1.31 bits per heavy atom. The summed E-state index contributed by atoms with van der Waals surface area (Å²) in [7, 11) is 0. The van der Waals surface area contributed by atoms with Gasteiger partial charge in [0.1, 0.15) is 0 Å². The Balaban J connectivity index is 2.12. The number of nitrogens with zero attached hydrogens (tertiary/aromatic N) is 2. The quantitative estimate of drug-likeness (QED) is 0.465. The van der Waals surface area contributed by atoms with Crippen molar-refractivity contribution in [2.45, 2.75) is 0 Å². The molecule has 2 aromatic rings. The highest BCUT2D eigenvalue weighted by molar-refractivity contribution is 5.50. The lowest BCUT2D eigenvalue weighted by Crippen LogP contribution is -2.05. The van der Waals surface area contributed by atoms with Gasteiger partial charge in [0.25, 0.3) is 0 Å². The summed E-state index contributed by atoms with van der Waals surface area (Å²) in [5, 5.41) is 8.21. The number of rotatable bonds is 3. The highest BCUT2D eigenvalue weighted by Crippen LogP contribution is 2.19. The number of benzene rings is 2. The van der Waals surface area contributed by atoms with Crippen molar-refractivity contribution < 1.29 is 0 Å². The fraction of sp³-hybridized carbons (Fsp3) is 0. The van der Waals surface area contributed by atoms with Gasteiger partial charge in [0, 0.05) is 5.69 Å². The van der Waals surface area contributed by atoms with Gasteiger partial charge in [-0.15, -0.1) is 0 Å². The monoisotopic (exact) mass is 212 g/mol. The lowest BCUT2D eigenvalue weighted by Gasteiger charge is -1.98. The van der Waals surface area contributed by atoms with E-state index in [0.717, 1.165) is 17.1 Å². The Kier molecular flexibility index (Phi) is 3.25. The van der Waals surface area contributed by atoms with Crippen LogP contribution in [0.3, 0.4) is 0 Å². The molecule has 0 aliphatic rings. The van der Waals surface area contributed by atoms with Crippen LogP contribution >= 0.6 is 0 Å². The smallest absolute Gasteiger partial charge is 0.0858 e. The molecule has 0 spiro atoms. The van der Waals surface area contributed by atoms with E-state index < -0.39 is 0 Å². The minimum absolute atomic E-state index is 0.794. The van der Waals surface area contributed by atoms with Gasteiger partial charge in [0.2, 0.25) is 0 Å². The first-order valence-electron chi connectivity index (χ1n) is 4.92. The molecule has 0 saturated carbocycles. The van der Waals surface area contributed by atoms with Gasteiger partial charge in [0.15, 0.2) is 0 Å². The van der Waals surface area contributed by atoms with Crippen molar-refractivity contribution in [2.24, 2.45) is 16.1 Å². The van der Waals surface area contributed by atoms with Crippen LogP contribution in [-0.4, -0.2) is 0 Å². The maximum Gasteiger partial charge on any atom is 0.0858 e. The summed E-state index contributed by atoms with van der Waals surface area (Å²) in [6.45, 7) is 0. The van der Waals surface area contributed by atoms with Gasteiger partial charge in [-0.25, -0.2) is 0 Å². The molecule has 0 saturated heterocycles. The fourth-order valence-corrected chi connectivity index (χ4v) is 1.23. The number of nitrogens with one attached hydrogen (secondary N) is 1. The van der Waals surface area contributed by atoms with E-state index in [2.05, 4.69) is 15.7 Å². The molecule has 0 aliphatic heterocycles. The van der Waals surface area contributed by atoms with Crippen LogP contribution in [-0.2, 0) is 0 Å². The average molecular weight is 212 g/mol. The number of nitrogens with two attached hydrogens (primary N) is 1. The molecule has 4 nitrogen and oxygen atoms in total. The summed E-state index contributed by atoms with van der Waals surface area (Å²) in [4.78, 5) is 0. The first-order valence-corrected chi connectivity index (χ1v) is 4.92. The molecule has 2 rings (SSSR count). The number of anilines is 1. The Hall–Kier alpha value is -2.20. The van der Waals surface area contributed by atoms with Crippen LogP contribution in [0.15, 0.2) is 64.8 Å². The maximum absolute atomic E-state index is 5.26. The van der Waals surface area contributed by atoms with Crippen LogP contribution in [0.5, 0.6) is 0 Å². The predicted octanol–water partition coefficient (Wildman–Crippen LogP) is 3.39. The molecular weight excluding hydrogens is 200 g/mol. The molecule has 0 heterocycles. The van der Waals surface area contributed by atoms with Crippen LogP contribution in [0.4, 0.5) is 17.1 Å². The molecule has 0 atom stereocenters. The minimum atomic E-state index is 0.794. The third-order valence-corrected chi connectivity index (χ3v) is 2.07. The second-order valence-corrected chi connectivity index (χ2v) is 3.23. The Morgan fingerprint density at radius 3 is 1.88 bits per heavy atom. The number of hydrazine groups is 1. The molecule has 0 amide bonds. The van der Waals surface area contributed by atoms with Crippen molar-refractivity contribution in [1.82, 2.24) is 0 Å². The van der Waals surface area contributed by atoms with Crippen LogP contribution < -0.4 is 11.3 Å². The summed E-state index contributed by atoms with van der Waals surface area (Å²) >= 11 is 0. The second-order valence-electron chi connectivity index (χ2n) is 3.23. The fourth-order valence-electron chi connectivity index (χ4n) is 1.23. The molecule has 16 heavy (non-hydrogen) atoms. The number of azo groups is 1. The van der Waals surface area contributed by atoms with Gasteiger partial charge in [-0.2, -0.15) is 10.2 Å². The van der Waals surface area contributed by atoms with E-state index in [1.807, 2.05) is 54.6 Å². The maximum atomic E-state index is 5.26. The number of hydrogen-bond acceptors (Lipinski definition) is 4. The van der Waals surface area contributed by atoms with Gasteiger partial charge in [-0.05, 0) is 36.4 Å². The summed E-state index contributed by atoms with van der Waals surface area (Å²) in [5.41, 5.74) is 5.03. The van der Waals surface area contributed by atoms with Crippen molar-refractivity contribution in [3.05, 3.63) is 54.6 Å². The van der Waals surface area contributed by atoms with Crippen LogP contribution in [0, 0.1) is 0 Å². The predicted molar refractivity (Wildman–Crippen MR) is 64.9 cm³/mol. The third kappa shape index (κ3) is 2.65. The van der Waals surface area contributed by atoms with Crippen LogP contribution in [0.2, 0.25) is 0 Å². The van der Waals surface area contributed by atoms with Crippen molar-refractivity contribution in [1.29, 1.82) is 0 Å². The number of nitrogen functional groups attached to an aromatic ring is 1. The van der Waals surface area contributed by atoms with Crippen molar-refractivity contribution in [3.8, 4) is 0 Å². The van der Waals surface area contributed by atoms with E-state index in [9.17, 15) is 0 Å². The Morgan fingerprint density at radius 1 is 0.750 bits per heavy atom. The zero-order valence-corrected chi connectivity index (χ0v) is 8.67. The normalized spacial score (nSPS) is 10.6. The van der Waals surface area contributed by atoms with Crippen molar-refractivity contribution >= 4 is 17.1 Å². The van der Waals surface area contributed by atoms with E-state index in [1.165, 1.54) is 0 Å². The standard InChI is InChI=1S/C12H12N4/c13-14-10-6-8-12(9-7-10)16-15-11-4-2-1-3-5-11/h1-9,14H,13H2/b16-15+. The van der Waals surface area contributed by atoms with E-state index in [4.69, 9.17) is 5.84 Å². The Labute approximate surface area is 93.8 Å². The minimum Gasteiger partial charge on any atom is -0.324 e. The molecule has 0 radical (unpaired) electrons. The molecule has 2 aromatic carbocycles. The van der Waals surface area contributed by atoms with E-state index in [0.29, 0.717) is 0 Å². The van der Waals surface area contributed by atoms with E-state index in [-0.39, 0.29) is 0 Å². The van der Waals surface area contributed by atoms with Gasteiger partial charge in [0.05, 0.1) is 11.4 Å². The summed E-state index contributed by atoms with van der Waals surface area (Å²) in [6.07, 6.45) is 0. The Bertz CT molecular complexity index is 462. The number of hydrogen-bond donors (Lipinski definition) is 2. The second kappa shape index (κ2) is 5.04. The molecule has 0 bridgehead atoms. The van der Waals surface area contributed by atoms with Crippen molar-refractivity contribution in [3.63, 3.8) is 0 Å². The highest BCUT2D eigenvalue weighted by atomic mass is 15.2. The summed E-state index contributed by atoms with van der Waals surface area (Å²) in [6, 6.07) is 17.0. The van der Waals surface area contributed by atoms with Gasteiger partial charge in [-0.3, -0.25) is 5.84 Å². The van der Waals surface area contributed by atoms with Gasteiger partial charge >= 0.3 is 0 Å². The molecule has 80 valence electrons. The topological polar surface area (TPSA) is 62.8 Å². The molecule has 0 aromatic heterocycles. The zero-order chi connectivity index (χ0) is 11.2. The summed E-state index contributed by atoms with van der Waals surface area (Å²) in [5.74, 6) is 5.26. The van der Waals surface area contributed by atoms with E-state index in [1.54, 1.807) is 0 Å². The first kappa shape index (κ1) is 10.3. The highest BCUT2D eigenvalue weighted by Gasteiger charge is 1.91. The molecule has 3 N–H and O–H groups in total. The summed E-state index contributed by atoms with van der Waals surface area (Å²) < 4.78 is 0. The lowest BCUT2D eigenvalue weighted by molar-refractivity contribution is 1.23. The SMILES string of the molecule is NNc1ccc(/N=N/c2ccccc2)cc1. The molecular formula is C12H12N4. The molecule has 4 heteroatoms. The molecule has 0 aliphatic carbocycles. The molecule has 0 unspecified atom stereocenters. The van der Waals surface area contributed by atoms with Crippen molar-refractivity contribution in [2.75, 3.05) is 5.43 Å². The lowest BCUT2D eigenvalue weighted by atomic mass is 10.3. The van der Waals surface area contributed by atoms with Gasteiger partial charge in [-0.1, -0.05) is 18.2 Å². The largest absolute Gasteiger partial charge is 0.324 e. The van der Waals surface area contributed by atoms with Crippen LogP contribution in [0.25, 0.3) is 0 Å². The average Bonchev–Trinajstić information content (AvgIpc) is 2.38. The first-order chi connectivity index (χ1) is 7.88. The van der Waals surface area contributed by atoms with Crippen LogP contribution in [0.1, 0.15) is 0 Å². The third-order valence-electron chi connectivity index (χ3n) is 2.07. The van der Waals surface area contributed by atoms with Gasteiger partial charge < -0.3 is 5.43 Å².